The maximum Gasteiger partial charge on any atom is 0.293 e. The number of nitrogens with zero attached hydrogens (tertiary/aromatic N) is 2. The van der Waals surface area contributed by atoms with E-state index in [0.717, 1.165) is 36.3 Å². The summed E-state index contributed by atoms with van der Waals surface area (Å²) in [6.45, 7) is 2.92. The van der Waals surface area contributed by atoms with E-state index in [2.05, 4.69) is 4.98 Å². The van der Waals surface area contributed by atoms with Gasteiger partial charge in [-0.3, -0.25) is 14.6 Å². The highest BCUT2D eigenvalue weighted by molar-refractivity contribution is 5.94. The van der Waals surface area contributed by atoms with Crippen molar-refractivity contribution >= 4 is 18.1 Å². The Morgan fingerprint density at radius 3 is 3.00 bits per heavy atom. The Morgan fingerprint density at radius 1 is 1.61 bits per heavy atom. The number of aromatic nitrogens is 1. The molecule has 18 heavy (non-hydrogen) atoms. The minimum absolute atomic E-state index is 0.0373. The van der Waals surface area contributed by atoms with Gasteiger partial charge in [0, 0.05) is 30.6 Å². The van der Waals surface area contributed by atoms with Gasteiger partial charge in [0.1, 0.15) is 6.61 Å². The number of ether oxygens (including phenoxy) is 1. The standard InChI is InChI=1S/C13H14N2O3/c1-9(17)15-7-13(2-3-13)12-11(15)4-10(5-14-12)6-18-8-16/h4-5,8H,2-3,6-7H2,1H3. The van der Waals surface area contributed by atoms with Gasteiger partial charge in [-0.2, -0.15) is 0 Å². The van der Waals surface area contributed by atoms with E-state index in [-0.39, 0.29) is 17.9 Å². The molecular weight excluding hydrogens is 232 g/mol. The SMILES string of the molecule is CC(=O)N1CC2(CC2)c2ncc(COC=O)cc21. The quantitative estimate of drug-likeness (QED) is 0.751. The van der Waals surface area contributed by atoms with Crippen molar-refractivity contribution in [1.29, 1.82) is 0 Å². The third-order valence-corrected chi connectivity index (χ3v) is 3.73. The van der Waals surface area contributed by atoms with Gasteiger partial charge in [0.25, 0.3) is 6.47 Å². The van der Waals surface area contributed by atoms with E-state index in [9.17, 15) is 9.59 Å². The molecule has 2 aliphatic rings. The van der Waals surface area contributed by atoms with Crippen molar-refractivity contribution in [2.24, 2.45) is 0 Å². The number of fused-ring (bicyclic) bond motifs is 2. The van der Waals surface area contributed by atoms with E-state index in [1.807, 2.05) is 6.07 Å². The van der Waals surface area contributed by atoms with E-state index in [0.29, 0.717) is 6.47 Å². The monoisotopic (exact) mass is 246 g/mol. The van der Waals surface area contributed by atoms with Crippen LogP contribution in [0.1, 0.15) is 31.0 Å². The summed E-state index contributed by atoms with van der Waals surface area (Å²) < 4.78 is 4.72. The molecule has 94 valence electrons. The molecule has 0 radical (unpaired) electrons. The van der Waals surface area contributed by atoms with Gasteiger partial charge in [-0.1, -0.05) is 0 Å². The second-order valence-electron chi connectivity index (χ2n) is 5.00. The summed E-state index contributed by atoms with van der Waals surface area (Å²) in [6.07, 6.45) is 3.92. The highest BCUT2D eigenvalue weighted by Crippen LogP contribution is 2.55. The molecule has 0 saturated heterocycles. The zero-order chi connectivity index (χ0) is 12.8. The van der Waals surface area contributed by atoms with Crippen LogP contribution in [0.3, 0.4) is 0 Å². The van der Waals surface area contributed by atoms with Crippen LogP contribution >= 0.6 is 0 Å². The molecule has 0 N–H and O–H groups in total. The van der Waals surface area contributed by atoms with Gasteiger partial charge in [0.2, 0.25) is 5.91 Å². The first-order chi connectivity index (χ1) is 8.66. The average molecular weight is 246 g/mol. The van der Waals surface area contributed by atoms with Gasteiger partial charge in [0.05, 0.1) is 11.4 Å². The molecule has 1 aromatic heterocycles. The number of carbonyl (C=O) groups excluding carboxylic acids is 2. The van der Waals surface area contributed by atoms with Gasteiger partial charge < -0.3 is 9.64 Å². The van der Waals surface area contributed by atoms with Crippen LogP contribution in [0.2, 0.25) is 0 Å². The van der Waals surface area contributed by atoms with Crippen LogP contribution in [-0.2, 0) is 26.3 Å². The lowest BCUT2D eigenvalue weighted by molar-refractivity contribution is -0.129. The van der Waals surface area contributed by atoms with Crippen molar-refractivity contribution in [3.8, 4) is 0 Å². The summed E-state index contributed by atoms with van der Waals surface area (Å²) in [4.78, 5) is 28.1. The van der Waals surface area contributed by atoms with Gasteiger partial charge >= 0.3 is 0 Å². The van der Waals surface area contributed by atoms with E-state index >= 15 is 0 Å². The molecule has 1 fully saturated rings. The summed E-state index contributed by atoms with van der Waals surface area (Å²) >= 11 is 0. The third-order valence-electron chi connectivity index (χ3n) is 3.73. The number of hydrogen-bond donors (Lipinski definition) is 0. The molecule has 3 rings (SSSR count). The molecule has 5 nitrogen and oxygen atoms in total. The zero-order valence-corrected chi connectivity index (χ0v) is 10.2. The predicted molar refractivity (Wildman–Crippen MR) is 64.0 cm³/mol. The van der Waals surface area contributed by atoms with Crippen LogP contribution in [0.4, 0.5) is 5.69 Å². The first kappa shape index (κ1) is 11.2. The Balaban J connectivity index is 1.97. The molecule has 1 aliphatic heterocycles. The molecule has 1 spiro atoms. The molecule has 1 aromatic rings. The second kappa shape index (κ2) is 3.80. The Bertz CT molecular complexity index is 523. The Labute approximate surface area is 105 Å². The average Bonchev–Trinajstić information content (AvgIpc) is 3.05. The summed E-state index contributed by atoms with van der Waals surface area (Å²) in [6, 6.07) is 1.90. The molecular formula is C13H14N2O3. The van der Waals surface area contributed by atoms with Gasteiger partial charge in [-0.25, -0.2) is 0 Å². The minimum Gasteiger partial charge on any atom is -0.463 e. The first-order valence-corrected chi connectivity index (χ1v) is 5.99. The van der Waals surface area contributed by atoms with E-state index in [1.165, 1.54) is 0 Å². The smallest absolute Gasteiger partial charge is 0.293 e. The first-order valence-electron chi connectivity index (χ1n) is 5.99. The Morgan fingerprint density at radius 2 is 2.39 bits per heavy atom. The summed E-state index contributed by atoms with van der Waals surface area (Å²) in [5.41, 5.74) is 2.81. The van der Waals surface area contributed by atoms with Crippen molar-refractivity contribution in [3.05, 3.63) is 23.5 Å². The molecule has 1 amide bonds. The summed E-state index contributed by atoms with van der Waals surface area (Å²) in [5, 5.41) is 0. The largest absolute Gasteiger partial charge is 0.463 e. The van der Waals surface area contributed by atoms with E-state index < -0.39 is 0 Å². The lowest BCUT2D eigenvalue weighted by Gasteiger charge is -2.15. The van der Waals surface area contributed by atoms with Crippen molar-refractivity contribution in [1.82, 2.24) is 4.98 Å². The van der Waals surface area contributed by atoms with Crippen molar-refractivity contribution in [2.45, 2.75) is 31.8 Å². The molecule has 0 bridgehead atoms. The van der Waals surface area contributed by atoms with Crippen LogP contribution in [0.15, 0.2) is 12.3 Å². The van der Waals surface area contributed by atoms with Crippen molar-refractivity contribution in [3.63, 3.8) is 0 Å². The zero-order valence-electron chi connectivity index (χ0n) is 10.2. The van der Waals surface area contributed by atoms with E-state index in [4.69, 9.17) is 4.74 Å². The van der Waals surface area contributed by atoms with Gasteiger partial charge in [-0.15, -0.1) is 0 Å². The molecule has 1 aliphatic carbocycles. The number of carbonyl (C=O) groups is 2. The number of rotatable bonds is 3. The summed E-state index contributed by atoms with van der Waals surface area (Å²) in [7, 11) is 0. The molecule has 0 atom stereocenters. The topological polar surface area (TPSA) is 59.5 Å². The number of hydrogen-bond acceptors (Lipinski definition) is 4. The lowest BCUT2D eigenvalue weighted by Crippen LogP contribution is -2.29. The molecule has 0 unspecified atom stereocenters. The predicted octanol–water partition coefficient (Wildman–Crippen LogP) is 1.15. The fraction of sp³-hybridized carbons (Fsp3) is 0.462. The van der Waals surface area contributed by atoms with Crippen LogP contribution < -0.4 is 4.90 Å². The highest BCUT2D eigenvalue weighted by atomic mass is 16.5. The maximum atomic E-state index is 11.7. The highest BCUT2D eigenvalue weighted by Gasteiger charge is 2.53. The van der Waals surface area contributed by atoms with Crippen LogP contribution in [0.5, 0.6) is 0 Å². The van der Waals surface area contributed by atoms with Crippen molar-refractivity contribution in [2.75, 3.05) is 11.4 Å². The molecule has 2 heterocycles. The van der Waals surface area contributed by atoms with Gasteiger partial charge in [-0.05, 0) is 18.9 Å². The number of anilines is 1. The van der Waals surface area contributed by atoms with Crippen molar-refractivity contribution < 1.29 is 14.3 Å². The Hall–Kier alpha value is -1.91. The normalized spacial score (nSPS) is 18.6. The van der Waals surface area contributed by atoms with Crippen LogP contribution in [0.25, 0.3) is 0 Å². The van der Waals surface area contributed by atoms with Crippen LogP contribution in [0, 0.1) is 0 Å². The molecule has 5 heteroatoms. The minimum atomic E-state index is 0.0373. The van der Waals surface area contributed by atoms with E-state index in [1.54, 1.807) is 18.0 Å². The molecule has 0 aromatic carbocycles. The summed E-state index contributed by atoms with van der Waals surface area (Å²) in [5.74, 6) is 0.0373. The van der Waals surface area contributed by atoms with Gasteiger partial charge in [0.15, 0.2) is 0 Å². The fourth-order valence-corrected chi connectivity index (χ4v) is 2.61. The van der Waals surface area contributed by atoms with Crippen LogP contribution in [-0.4, -0.2) is 23.9 Å². The molecule has 1 saturated carbocycles. The number of amides is 1. The number of pyridine rings is 1. The second-order valence-corrected chi connectivity index (χ2v) is 5.00. The fourth-order valence-electron chi connectivity index (χ4n) is 2.61. The third kappa shape index (κ3) is 1.58. The lowest BCUT2D eigenvalue weighted by atomic mass is 10.0. The Kier molecular flexibility index (Phi) is 2.36. The maximum absolute atomic E-state index is 11.7.